The largest absolute Gasteiger partial charge is 0.495 e. The number of hydrogen-bond donors (Lipinski definition) is 1. The van der Waals surface area contributed by atoms with Gasteiger partial charge in [-0.05, 0) is 25.5 Å². The third-order valence-electron chi connectivity index (χ3n) is 3.51. The molecule has 0 unspecified atom stereocenters. The lowest BCUT2D eigenvalue weighted by Crippen LogP contribution is -2.13. The second-order valence-electron chi connectivity index (χ2n) is 5.29. The minimum Gasteiger partial charge on any atom is -0.495 e. The summed E-state index contributed by atoms with van der Waals surface area (Å²) in [6.45, 7) is 3.71. The van der Waals surface area contributed by atoms with Crippen molar-refractivity contribution >= 4 is 39.5 Å². The number of rotatable bonds is 5. The first-order valence-electron chi connectivity index (χ1n) is 7.29. The normalized spacial score (nSPS) is 11.0. The van der Waals surface area contributed by atoms with Crippen molar-refractivity contribution in [3.8, 4) is 5.75 Å². The van der Waals surface area contributed by atoms with E-state index in [2.05, 4.69) is 20.6 Å². The van der Waals surface area contributed by atoms with Gasteiger partial charge in [-0.3, -0.25) is 4.79 Å². The second kappa shape index (κ2) is 6.74. The quantitative estimate of drug-likeness (QED) is 0.751. The van der Waals surface area contributed by atoms with Crippen molar-refractivity contribution in [2.75, 3.05) is 12.4 Å². The van der Waals surface area contributed by atoms with Gasteiger partial charge in [0.1, 0.15) is 10.8 Å². The monoisotopic (exact) mass is 365 g/mol. The molecule has 0 radical (unpaired) electrons. The SMILES string of the molecule is COc1cc(Cl)c(C)cc1NC(=O)CCc1nn2c(C)nnc2s1. The number of carbonyl (C=O) groups excluding carboxylic acids is 1. The fourth-order valence-electron chi connectivity index (χ4n) is 2.22. The fourth-order valence-corrected chi connectivity index (χ4v) is 3.25. The molecule has 0 aliphatic carbocycles. The predicted octanol–water partition coefficient (Wildman–Crippen LogP) is 3.04. The summed E-state index contributed by atoms with van der Waals surface area (Å²) in [5, 5.41) is 16.7. The van der Waals surface area contributed by atoms with Crippen LogP contribution < -0.4 is 10.1 Å². The first-order valence-corrected chi connectivity index (χ1v) is 8.49. The minimum absolute atomic E-state index is 0.113. The molecule has 2 heterocycles. The highest BCUT2D eigenvalue weighted by atomic mass is 35.5. The number of nitrogens with one attached hydrogen (secondary N) is 1. The Morgan fingerprint density at radius 3 is 2.88 bits per heavy atom. The molecule has 1 aromatic carbocycles. The van der Waals surface area contributed by atoms with Gasteiger partial charge in [0, 0.05) is 23.9 Å². The van der Waals surface area contributed by atoms with Gasteiger partial charge >= 0.3 is 0 Å². The molecule has 0 saturated heterocycles. The maximum Gasteiger partial charge on any atom is 0.234 e. The van der Waals surface area contributed by atoms with Gasteiger partial charge in [-0.15, -0.1) is 10.2 Å². The molecule has 2 aromatic heterocycles. The summed E-state index contributed by atoms with van der Waals surface area (Å²) in [5.74, 6) is 1.16. The van der Waals surface area contributed by atoms with Gasteiger partial charge in [-0.1, -0.05) is 22.9 Å². The minimum atomic E-state index is -0.113. The Balaban J connectivity index is 1.66. The number of ether oxygens (including phenoxy) is 1. The molecule has 0 aliphatic rings. The Kier molecular flexibility index (Phi) is 4.68. The second-order valence-corrected chi connectivity index (χ2v) is 6.73. The van der Waals surface area contributed by atoms with E-state index in [0.717, 1.165) is 21.4 Å². The fraction of sp³-hybridized carbons (Fsp3) is 0.333. The highest BCUT2D eigenvalue weighted by Gasteiger charge is 2.13. The van der Waals surface area contributed by atoms with E-state index in [4.69, 9.17) is 16.3 Å². The number of fused-ring (bicyclic) bond motifs is 1. The van der Waals surface area contributed by atoms with Crippen LogP contribution in [0.3, 0.4) is 0 Å². The summed E-state index contributed by atoms with van der Waals surface area (Å²) in [6.07, 6.45) is 0.849. The molecule has 7 nitrogen and oxygen atoms in total. The predicted molar refractivity (Wildman–Crippen MR) is 93.1 cm³/mol. The van der Waals surface area contributed by atoms with Crippen molar-refractivity contribution < 1.29 is 9.53 Å². The summed E-state index contributed by atoms with van der Waals surface area (Å²) >= 11 is 7.50. The molecule has 0 bridgehead atoms. The highest BCUT2D eigenvalue weighted by Crippen LogP contribution is 2.31. The van der Waals surface area contributed by atoms with Gasteiger partial charge in [-0.25, -0.2) is 0 Å². The summed E-state index contributed by atoms with van der Waals surface area (Å²) in [4.78, 5) is 12.9. The molecule has 0 atom stereocenters. The average Bonchev–Trinajstić information content (AvgIpc) is 3.11. The zero-order chi connectivity index (χ0) is 17.3. The van der Waals surface area contributed by atoms with Gasteiger partial charge in [0.25, 0.3) is 0 Å². The van der Waals surface area contributed by atoms with Crippen LogP contribution in [0, 0.1) is 13.8 Å². The van der Waals surface area contributed by atoms with Crippen molar-refractivity contribution in [2.24, 2.45) is 0 Å². The molecule has 0 fully saturated rings. The number of hydrogen-bond acceptors (Lipinski definition) is 6. The number of carbonyl (C=O) groups is 1. The van der Waals surface area contributed by atoms with E-state index in [1.54, 1.807) is 23.8 Å². The van der Waals surface area contributed by atoms with E-state index in [0.29, 0.717) is 29.3 Å². The van der Waals surface area contributed by atoms with E-state index in [-0.39, 0.29) is 5.91 Å². The van der Waals surface area contributed by atoms with Gasteiger partial charge in [0.15, 0.2) is 5.82 Å². The van der Waals surface area contributed by atoms with Crippen molar-refractivity contribution in [3.05, 3.63) is 33.6 Å². The highest BCUT2D eigenvalue weighted by molar-refractivity contribution is 7.16. The molecule has 24 heavy (non-hydrogen) atoms. The first-order chi connectivity index (χ1) is 11.5. The smallest absolute Gasteiger partial charge is 0.234 e. The molecule has 1 N–H and O–H groups in total. The number of aromatic nitrogens is 4. The molecular weight excluding hydrogens is 350 g/mol. The lowest BCUT2D eigenvalue weighted by Gasteiger charge is -2.12. The number of aryl methyl sites for hydroxylation is 3. The van der Waals surface area contributed by atoms with Crippen molar-refractivity contribution in [2.45, 2.75) is 26.7 Å². The van der Waals surface area contributed by atoms with Crippen molar-refractivity contribution in [1.82, 2.24) is 19.8 Å². The maximum atomic E-state index is 12.2. The topological polar surface area (TPSA) is 81.4 Å². The Bertz CT molecular complexity index is 905. The number of benzene rings is 1. The Hall–Kier alpha value is -2.19. The molecule has 126 valence electrons. The van der Waals surface area contributed by atoms with E-state index in [1.165, 1.54) is 11.3 Å². The summed E-state index contributed by atoms with van der Waals surface area (Å²) in [5.41, 5.74) is 1.48. The molecule has 3 rings (SSSR count). The Morgan fingerprint density at radius 2 is 2.17 bits per heavy atom. The van der Waals surface area contributed by atoms with Gasteiger partial charge in [0.2, 0.25) is 10.9 Å². The molecule has 0 saturated carbocycles. The van der Waals surface area contributed by atoms with Crippen LogP contribution in [0.2, 0.25) is 5.02 Å². The van der Waals surface area contributed by atoms with Crippen LogP contribution >= 0.6 is 22.9 Å². The average molecular weight is 366 g/mol. The number of halogens is 1. The van der Waals surface area contributed by atoms with Gasteiger partial charge in [0.05, 0.1) is 12.8 Å². The molecular formula is C15H16ClN5O2S. The van der Waals surface area contributed by atoms with E-state index in [1.807, 2.05) is 13.8 Å². The summed E-state index contributed by atoms with van der Waals surface area (Å²) in [7, 11) is 1.54. The standard InChI is InChI=1S/C15H16ClN5O2S/c1-8-6-11(12(23-3)7-10(8)16)17-13(22)4-5-14-20-21-9(2)18-19-15(21)24-14/h6-7H,4-5H2,1-3H3,(H,17,22). The molecule has 0 aliphatic heterocycles. The Labute approximate surface area is 147 Å². The summed E-state index contributed by atoms with van der Waals surface area (Å²) in [6, 6.07) is 3.49. The molecule has 9 heteroatoms. The van der Waals surface area contributed by atoms with Crippen LogP contribution in [-0.2, 0) is 11.2 Å². The Morgan fingerprint density at radius 1 is 1.38 bits per heavy atom. The third kappa shape index (κ3) is 3.34. The summed E-state index contributed by atoms with van der Waals surface area (Å²) < 4.78 is 6.94. The van der Waals surface area contributed by atoms with Gasteiger partial charge < -0.3 is 10.1 Å². The zero-order valence-electron chi connectivity index (χ0n) is 13.5. The van der Waals surface area contributed by atoms with Crippen LogP contribution in [0.25, 0.3) is 4.96 Å². The van der Waals surface area contributed by atoms with Crippen LogP contribution in [0.5, 0.6) is 5.75 Å². The number of amides is 1. The van der Waals surface area contributed by atoms with Crippen molar-refractivity contribution in [3.63, 3.8) is 0 Å². The van der Waals surface area contributed by atoms with E-state index >= 15 is 0 Å². The van der Waals surface area contributed by atoms with Crippen LogP contribution in [0.15, 0.2) is 12.1 Å². The number of anilines is 1. The number of nitrogens with zero attached hydrogens (tertiary/aromatic N) is 4. The van der Waals surface area contributed by atoms with Crippen LogP contribution in [0.1, 0.15) is 22.8 Å². The third-order valence-corrected chi connectivity index (χ3v) is 4.88. The lowest BCUT2D eigenvalue weighted by atomic mass is 10.2. The van der Waals surface area contributed by atoms with Gasteiger partial charge in [-0.2, -0.15) is 9.61 Å². The van der Waals surface area contributed by atoms with Crippen LogP contribution in [-0.4, -0.2) is 32.8 Å². The molecule has 3 aromatic rings. The van der Waals surface area contributed by atoms with E-state index in [9.17, 15) is 4.79 Å². The number of methoxy groups -OCH3 is 1. The zero-order valence-corrected chi connectivity index (χ0v) is 15.0. The van der Waals surface area contributed by atoms with Crippen LogP contribution in [0.4, 0.5) is 5.69 Å². The van der Waals surface area contributed by atoms with Crippen molar-refractivity contribution in [1.29, 1.82) is 0 Å². The maximum absolute atomic E-state index is 12.2. The first kappa shape index (κ1) is 16.7. The molecule has 1 amide bonds. The molecule has 0 spiro atoms. The van der Waals surface area contributed by atoms with E-state index < -0.39 is 0 Å². The lowest BCUT2D eigenvalue weighted by molar-refractivity contribution is -0.116.